The number of fused-ring (bicyclic) bond motifs is 2. The van der Waals surface area contributed by atoms with Gasteiger partial charge in [-0.2, -0.15) is 8.78 Å². The molecule has 2 nitrogen and oxygen atoms in total. The lowest BCUT2D eigenvalue weighted by Crippen LogP contribution is -2.37. The van der Waals surface area contributed by atoms with E-state index in [0.717, 1.165) is 0 Å². The van der Waals surface area contributed by atoms with Gasteiger partial charge in [-0.05, 0) is 42.0 Å². The van der Waals surface area contributed by atoms with Gasteiger partial charge in [0.15, 0.2) is 5.76 Å². The lowest BCUT2D eigenvalue weighted by atomic mass is 9.79. The lowest BCUT2D eigenvalue weighted by molar-refractivity contribution is -0.00503. The third kappa shape index (κ3) is 1.70. The summed E-state index contributed by atoms with van der Waals surface area (Å²) in [5, 5.41) is -3.36. The molecule has 5 heteroatoms. The summed E-state index contributed by atoms with van der Waals surface area (Å²) in [6.07, 6.45) is 5.53. The smallest absolute Gasteiger partial charge is 0.325 e. The third-order valence-electron chi connectivity index (χ3n) is 3.90. The Bertz CT molecular complexity index is 490. The van der Waals surface area contributed by atoms with Crippen LogP contribution in [0.5, 0.6) is 0 Å². The number of rotatable bonds is 3. The van der Waals surface area contributed by atoms with Gasteiger partial charge >= 0.3 is 5.38 Å². The highest BCUT2D eigenvalue weighted by Crippen LogP contribution is 2.55. The molecule has 0 spiro atoms. The van der Waals surface area contributed by atoms with Crippen LogP contribution in [0.4, 0.5) is 8.78 Å². The monoisotopic (exact) mass is 272 g/mol. The summed E-state index contributed by atoms with van der Waals surface area (Å²) in [7, 11) is 0. The summed E-state index contributed by atoms with van der Waals surface area (Å²) in [6.45, 7) is 0. The summed E-state index contributed by atoms with van der Waals surface area (Å²) in [4.78, 5) is 12.2. The molecule has 18 heavy (non-hydrogen) atoms. The lowest BCUT2D eigenvalue weighted by Gasteiger charge is -2.29. The molecule has 3 rings (SSSR count). The molecule has 0 N–H and O–H groups in total. The molecule has 4 atom stereocenters. The number of hydrogen-bond acceptors (Lipinski definition) is 2. The van der Waals surface area contributed by atoms with Crippen molar-refractivity contribution in [2.45, 2.75) is 11.8 Å². The summed E-state index contributed by atoms with van der Waals surface area (Å²) >= 11 is 5.18. The minimum Gasteiger partial charge on any atom is -0.461 e. The van der Waals surface area contributed by atoms with Crippen molar-refractivity contribution in [3.8, 4) is 0 Å². The fourth-order valence-electron chi connectivity index (χ4n) is 3.21. The quantitative estimate of drug-likeness (QED) is 0.477. The van der Waals surface area contributed by atoms with Crippen molar-refractivity contribution >= 4 is 17.4 Å². The van der Waals surface area contributed by atoms with Crippen molar-refractivity contribution in [1.82, 2.24) is 0 Å². The largest absolute Gasteiger partial charge is 0.461 e. The SMILES string of the molecule is O=C(c1ccco1)[C@H]1[C@H](C(F)(F)Cl)[C@@H]2C=C[C@H]1C2. The topological polar surface area (TPSA) is 30.2 Å². The molecule has 0 saturated heterocycles. The van der Waals surface area contributed by atoms with Crippen LogP contribution in [0.3, 0.4) is 0 Å². The molecule has 0 radical (unpaired) electrons. The first kappa shape index (κ1) is 11.9. The number of carbonyl (C=O) groups is 1. The molecule has 1 saturated carbocycles. The molecule has 1 heterocycles. The van der Waals surface area contributed by atoms with Gasteiger partial charge in [-0.1, -0.05) is 12.2 Å². The highest BCUT2D eigenvalue weighted by atomic mass is 35.5. The molecule has 2 aliphatic carbocycles. The summed E-state index contributed by atoms with van der Waals surface area (Å²) < 4.78 is 32.0. The van der Waals surface area contributed by atoms with Crippen LogP contribution >= 0.6 is 11.6 Å². The van der Waals surface area contributed by atoms with Gasteiger partial charge in [-0.3, -0.25) is 4.79 Å². The Kier molecular flexibility index (Phi) is 2.59. The van der Waals surface area contributed by atoms with Crippen molar-refractivity contribution in [2.75, 3.05) is 0 Å². The Morgan fingerprint density at radius 3 is 2.72 bits per heavy atom. The zero-order valence-corrected chi connectivity index (χ0v) is 10.1. The zero-order valence-electron chi connectivity index (χ0n) is 9.35. The minimum atomic E-state index is -3.36. The van der Waals surface area contributed by atoms with Crippen molar-refractivity contribution < 1.29 is 18.0 Å². The Hall–Kier alpha value is -1.16. The average molecular weight is 273 g/mol. The van der Waals surface area contributed by atoms with E-state index >= 15 is 0 Å². The van der Waals surface area contributed by atoms with Gasteiger partial charge in [-0.25, -0.2) is 0 Å². The zero-order chi connectivity index (χ0) is 12.9. The second kappa shape index (κ2) is 3.92. The average Bonchev–Trinajstić information content (AvgIpc) is 3.01. The number of hydrogen-bond donors (Lipinski definition) is 0. The molecule has 1 aromatic rings. The first-order valence-corrected chi connectivity index (χ1v) is 6.19. The maximum Gasteiger partial charge on any atom is 0.325 e. The number of halogens is 3. The Balaban J connectivity index is 1.95. The molecular formula is C13H11ClF2O2. The van der Waals surface area contributed by atoms with Crippen LogP contribution in [-0.4, -0.2) is 11.2 Å². The van der Waals surface area contributed by atoms with Crippen LogP contribution in [0.2, 0.25) is 0 Å². The van der Waals surface area contributed by atoms with Gasteiger partial charge in [0.05, 0.1) is 12.2 Å². The first-order chi connectivity index (χ1) is 8.48. The molecule has 2 bridgehead atoms. The second-order valence-corrected chi connectivity index (χ2v) is 5.39. The maximum absolute atomic E-state index is 13.5. The van der Waals surface area contributed by atoms with E-state index in [4.69, 9.17) is 16.0 Å². The Morgan fingerprint density at radius 2 is 2.11 bits per heavy atom. The van der Waals surface area contributed by atoms with Crippen LogP contribution in [0.15, 0.2) is 35.0 Å². The maximum atomic E-state index is 13.5. The molecule has 1 fully saturated rings. The van der Waals surface area contributed by atoms with Gasteiger partial charge in [0, 0.05) is 5.92 Å². The molecule has 96 valence electrons. The molecule has 2 aliphatic rings. The summed E-state index contributed by atoms with van der Waals surface area (Å²) in [5.74, 6) is -2.62. The predicted molar refractivity (Wildman–Crippen MR) is 61.6 cm³/mol. The van der Waals surface area contributed by atoms with Crippen molar-refractivity contribution in [3.63, 3.8) is 0 Å². The number of Topliss-reactive ketones (excluding diaryl/α,β-unsaturated/α-hetero) is 1. The number of ketones is 1. The standard InChI is InChI=1S/C13H11ClF2O2/c14-13(15,16)11-8-4-3-7(6-8)10(11)12(17)9-2-1-5-18-9/h1-5,7-8,10-11H,6H2/t7-,8+,10+,11+/m0/s1. The summed E-state index contributed by atoms with van der Waals surface area (Å²) in [6, 6.07) is 3.07. The number of carbonyl (C=O) groups excluding carboxylic acids is 1. The summed E-state index contributed by atoms with van der Waals surface area (Å²) in [5.41, 5.74) is 0. The van der Waals surface area contributed by atoms with E-state index < -0.39 is 17.2 Å². The Labute approximate surface area is 108 Å². The van der Waals surface area contributed by atoms with Crippen LogP contribution in [-0.2, 0) is 0 Å². The van der Waals surface area contributed by atoms with Crippen LogP contribution in [0.1, 0.15) is 17.0 Å². The van der Waals surface area contributed by atoms with Gasteiger partial charge in [0.25, 0.3) is 0 Å². The second-order valence-electron chi connectivity index (χ2n) is 4.88. The van der Waals surface area contributed by atoms with Crippen molar-refractivity contribution in [1.29, 1.82) is 0 Å². The number of alkyl halides is 3. The van der Waals surface area contributed by atoms with Crippen molar-refractivity contribution in [2.24, 2.45) is 23.7 Å². The van der Waals surface area contributed by atoms with E-state index in [2.05, 4.69) is 0 Å². The number of allylic oxidation sites excluding steroid dienone is 2. The fourth-order valence-corrected chi connectivity index (χ4v) is 3.51. The van der Waals surface area contributed by atoms with Crippen LogP contribution < -0.4 is 0 Å². The van der Waals surface area contributed by atoms with E-state index in [1.807, 2.05) is 6.08 Å². The van der Waals surface area contributed by atoms with Crippen LogP contribution in [0.25, 0.3) is 0 Å². The van der Waals surface area contributed by atoms with Gasteiger partial charge in [0.1, 0.15) is 0 Å². The van der Waals surface area contributed by atoms with E-state index in [1.54, 1.807) is 12.1 Å². The molecular weight excluding hydrogens is 262 g/mol. The molecule has 0 aromatic carbocycles. The van der Waals surface area contributed by atoms with Gasteiger partial charge < -0.3 is 4.42 Å². The fraction of sp³-hybridized carbons (Fsp3) is 0.462. The van der Waals surface area contributed by atoms with E-state index in [9.17, 15) is 13.6 Å². The van der Waals surface area contributed by atoms with E-state index in [1.165, 1.54) is 12.3 Å². The van der Waals surface area contributed by atoms with E-state index in [0.29, 0.717) is 6.42 Å². The molecule has 0 amide bonds. The molecule has 0 aliphatic heterocycles. The van der Waals surface area contributed by atoms with Gasteiger partial charge in [0.2, 0.25) is 5.78 Å². The van der Waals surface area contributed by atoms with Crippen LogP contribution in [0, 0.1) is 23.7 Å². The normalized spacial score (nSPS) is 34.2. The minimum absolute atomic E-state index is 0.131. The van der Waals surface area contributed by atoms with Crippen molar-refractivity contribution in [3.05, 3.63) is 36.3 Å². The van der Waals surface area contributed by atoms with Gasteiger partial charge in [-0.15, -0.1) is 0 Å². The third-order valence-corrected chi connectivity index (χ3v) is 4.16. The Morgan fingerprint density at radius 1 is 1.39 bits per heavy atom. The van der Waals surface area contributed by atoms with E-state index in [-0.39, 0.29) is 23.4 Å². The highest BCUT2D eigenvalue weighted by Gasteiger charge is 2.58. The molecule has 0 unspecified atom stereocenters. The number of furan rings is 1. The highest BCUT2D eigenvalue weighted by molar-refractivity contribution is 6.22. The first-order valence-electron chi connectivity index (χ1n) is 5.81. The predicted octanol–water partition coefficient (Wildman–Crippen LogP) is 3.73. The molecule has 1 aromatic heterocycles.